The van der Waals surface area contributed by atoms with Gasteiger partial charge in [-0.05, 0) is 31.9 Å². The predicted molar refractivity (Wildman–Crippen MR) is 83.0 cm³/mol. The maximum absolute atomic E-state index is 12.2. The van der Waals surface area contributed by atoms with Crippen molar-refractivity contribution >= 4 is 17.7 Å². The summed E-state index contributed by atoms with van der Waals surface area (Å²) in [5.41, 5.74) is 0.816. The third-order valence-corrected chi connectivity index (χ3v) is 4.35. The van der Waals surface area contributed by atoms with Crippen LogP contribution < -0.4 is 5.32 Å². The van der Waals surface area contributed by atoms with E-state index in [4.69, 9.17) is 4.74 Å². The third-order valence-electron chi connectivity index (χ3n) is 4.35. The lowest BCUT2D eigenvalue weighted by Crippen LogP contribution is -2.42. The minimum atomic E-state index is -0.328. The van der Waals surface area contributed by atoms with Gasteiger partial charge in [-0.1, -0.05) is 12.1 Å². The Balaban J connectivity index is 1.53. The summed E-state index contributed by atoms with van der Waals surface area (Å²) in [4.78, 5) is 37.6. The first-order chi connectivity index (χ1) is 11.1. The molecule has 2 aliphatic heterocycles. The summed E-state index contributed by atoms with van der Waals surface area (Å²) in [6.07, 6.45) is 2.11. The van der Waals surface area contributed by atoms with E-state index in [0.29, 0.717) is 11.1 Å². The second-order valence-electron chi connectivity index (χ2n) is 5.97. The highest BCUT2D eigenvalue weighted by Gasteiger charge is 2.35. The fourth-order valence-corrected chi connectivity index (χ4v) is 3.07. The van der Waals surface area contributed by atoms with Gasteiger partial charge in [0.1, 0.15) is 0 Å². The van der Waals surface area contributed by atoms with E-state index in [0.717, 1.165) is 24.3 Å². The maximum Gasteiger partial charge on any atom is 0.261 e. The molecule has 0 unspecified atom stereocenters. The van der Waals surface area contributed by atoms with Gasteiger partial charge in [0.15, 0.2) is 0 Å². The van der Waals surface area contributed by atoms with Crippen LogP contribution in [0, 0.1) is 0 Å². The zero-order valence-corrected chi connectivity index (χ0v) is 13.1. The van der Waals surface area contributed by atoms with Crippen LogP contribution in [0.4, 0.5) is 0 Å². The smallest absolute Gasteiger partial charge is 0.261 e. The second-order valence-corrected chi connectivity index (χ2v) is 5.97. The number of rotatable bonds is 5. The van der Waals surface area contributed by atoms with Crippen LogP contribution in [-0.2, 0) is 9.53 Å². The molecule has 1 saturated heterocycles. The van der Waals surface area contributed by atoms with Crippen LogP contribution in [0.25, 0.3) is 0 Å². The lowest BCUT2D eigenvalue weighted by atomic mass is 10.1. The van der Waals surface area contributed by atoms with E-state index in [1.54, 1.807) is 24.3 Å². The molecule has 6 nitrogen and oxygen atoms in total. The van der Waals surface area contributed by atoms with Gasteiger partial charge in [0.25, 0.3) is 11.8 Å². The minimum absolute atomic E-state index is 0.0539. The topological polar surface area (TPSA) is 75.7 Å². The van der Waals surface area contributed by atoms with Crippen molar-refractivity contribution < 1.29 is 19.1 Å². The van der Waals surface area contributed by atoms with E-state index in [1.807, 2.05) is 6.92 Å². The number of hydrogen-bond donors (Lipinski definition) is 1. The quantitative estimate of drug-likeness (QED) is 0.832. The van der Waals surface area contributed by atoms with Crippen LogP contribution in [0.15, 0.2) is 24.3 Å². The first kappa shape index (κ1) is 15.7. The Bertz CT molecular complexity index is 602. The molecule has 3 rings (SSSR count). The molecule has 23 heavy (non-hydrogen) atoms. The molecule has 0 aliphatic carbocycles. The fraction of sp³-hybridized carbons (Fsp3) is 0.471. The summed E-state index contributed by atoms with van der Waals surface area (Å²) in [5.74, 6) is -0.833. The summed E-state index contributed by atoms with van der Waals surface area (Å²) in [5, 5.41) is 2.88. The van der Waals surface area contributed by atoms with Gasteiger partial charge in [0.05, 0.1) is 23.3 Å². The van der Waals surface area contributed by atoms with E-state index in [-0.39, 0.29) is 42.8 Å². The Labute approximate surface area is 134 Å². The molecule has 1 N–H and O–H groups in total. The van der Waals surface area contributed by atoms with Crippen LogP contribution in [0.3, 0.4) is 0 Å². The Morgan fingerprint density at radius 1 is 1.30 bits per heavy atom. The van der Waals surface area contributed by atoms with Gasteiger partial charge in [-0.3, -0.25) is 19.3 Å². The molecule has 6 heteroatoms. The van der Waals surface area contributed by atoms with Gasteiger partial charge in [-0.25, -0.2) is 0 Å². The van der Waals surface area contributed by atoms with E-state index in [2.05, 4.69) is 5.32 Å². The highest BCUT2D eigenvalue weighted by atomic mass is 16.5. The Morgan fingerprint density at radius 2 is 1.96 bits per heavy atom. The summed E-state index contributed by atoms with van der Waals surface area (Å²) in [6, 6.07) is 6.66. The number of hydrogen-bond acceptors (Lipinski definition) is 4. The zero-order valence-electron chi connectivity index (χ0n) is 13.1. The molecule has 1 aromatic rings. The second kappa shape index (κ2) is 6.50. The van der Waals surface area contributed by atoms with E-state index < -0.39 is 0 Å². The molecule has 1 aromatic carbocycles. The molecule has 0 bridgehead atoms. The highest BCUT2D eigenvalue weighted by molar-refractivity contribution is 6.21. The normalized spacial score (nSPS) is 21.4. The molecule has 2 atom stereocenters. The van der Waals surface area contributed by atoms with Crippen molar-refractivity contribution in [1.82, 2.24) is 10.2 Å². The van der Waals surface area contributed by atoms with E-state index in [1.165, 1.54) is 0 Å². The number of ether oxygens (including phenoxy) is 1. The van der Waals surface area contributed by atoms with Crippen LogP contribution in [-0.4, -0.2) is 47.9 Å². The molecule has 122 valence electrons. The summed E-state index contributed by atoms with van der Waals surface area (Å²) < 4.78 is 5.54. The largest absolute Gasteiger partial charge is 0.376 e. The predicted octanol–water partition coefficient (Wildman–Crippen LogP) is 1.36. The number of fused-ring (bicyclic) bond motifs is 1. The van der Waals surface area contributed by atoms with Gasteiger partial charge < -0.3 is 10.1 Å². The van der Waals surface area contributed by atoms with Gasteiger partial charge in [-0.15, -0.1) is 0 Å². The number of imide groups is 1. The van der Waals surface area contributed by atoms with E-state index in [9.17, 15) is 14.4 Å². The van der Waals surface area contributed by atoms with Crippen molar-refractivity contribution in [2.75, 3.05) is 13.2 Å². The summed E-state index contributed by atoms with van der Waals surface area (Å²) in [7, 11) is 0. The van der Waals surface area contributed by atoms with Crippen molar-refractivity contribution in [3.63, 3.8) is 0 Å². The van der Waals surface area contributed by atoms with Gasteiger partial charge in [0, 0.05) is 19.6 Å². The molecular weight excluding hydrogens is 296 g/mol. The molecule has 0 radical (unpaired) electrons. The van der Waals surface area contributed by atoms with E-state index >= 15 is 0 Å². The average Bonchev–Trinajstić information content (AvgIpc) is 3.15. The van der Waals surface area contributed by atoms with Crippen LogP contribution in [0.2, 0.25) is 0 Å². The minimum Gasteiger partial charge on any atom is -0.376 e. The molecule has 2 aliphatic rings. The van der Waals surface area contributed by atoms with Crippen molar-refractivity contribution in [3.05, 3.63) is 35.4 Å². The maximum atomic E-state index is 12.2. The summed E-state index contributed by atoms with van der Waals surface area (Å²) >= 11 is 0. The highest BCUT2D eigenvalue weighted by Crippen LogP contribution is 2.22. The number of benzene rings is 1. The number of nitrogens with zero attached hydrogens (tertiary/aromatic N) is 1. The molecule has 0 aromatic heterocycles. The van der Waals surface area contributed by atoms with Crippen LogP contribution in [0.1, 0.15) is 46.9 Å². The average molecular weight is 316 g/mol. The van der Waals surface area contributed by atoms with Crippen molar-refractivity contribution in [2.45, 2.75) is 38.3 Å². The third kappa shape index (κ3) is 3.12. The monoisotopic (exact) mass is 316 g/mol. The molecule has 3 amide bonds. The SMILES string of the molecule is C[C@H](NC(=O)CCN1C(=O)c2ccccc2C1=O)[C@@H]1CCCO1. The first-order valence-electron chi connectivity index (χ1n) is 7.94. The van der Waals surface area contributed by atoms with Gasteiger partial charge in [-0.2, -0.15) is 0 Å². The summed E-state index contributed by atoms with van der Waals surface area (Å²) in [6.45, 7) is 2.74. The van der Waals surface area contributed by atoms with Crippen molar-refractivity contribution in [1.29, 1.82) is 0 Å². The lowest BCUT2D eigenvalue weighted by Gasteiger charge is -2.20. The molecule has 0 saturated carbocycles. The van der Waals surface area contributed by atoms with Gasteiger partial charge >= 0.3 is 0 Å². The first-order valence-corrected chi connectivity index (χ1v) is 7.94. The zero-order chi connectivity index (χ0) is 16.4. The Morgan fingerprint density at radius 3 is 2.52 bits per heavy atom. The van der Waals surface area contributed by atoms with Crippen LogP contribution in [0.5, 0.6) is 0 Å². The van der Waals surface area contributed by atoms with Crippen molar-refractivity contribution in [3.8, 4) is 0 Å². The van der Waals surface area contributed by atoms with Crippen molar-refractivity contribution in [2.24, 2.45) is 0 Å². The Kier molecular flexibility index (Phi) is 4.43. The molecular formula is C17H20N2O4. The van der Waals surface area contributed by atoms with Gasteiger partial charge in [0.2, 0.25) is 5.91 Å². The number of nitrogens with one attached hydrogen (secondary N) is 1. The number of carbonyl (C=O) groups is 3. The van der Waals surface area contributed by atoms with Crippen LogP contribution >= 0.6 is 0 Å². The lowest BCUT2D eigenvalue weighted by molar-refractivity contribution is -0.122. The number of amides is 3. The number of carbonyl (C=O) groups excluding carboxylic acids is 3. The standard InChI is InChI=1S/C17H20N2O4/c1-11(14-7-4-10-23-14)18-15(20)8-9-19-16(21)12-5-2-3-6-13(12)17(19)22/h2-3,5-6,11,14H,4,7-10H2,1H3,(H,18,20)/t11-,14-/m0/s1. The fourth-order valence-electron chi connectivity index (χ4n) is 3.07. The Hall–Kier alpha value is -2.21. The molecule has 1 fully saturated rings. The molecule has 0 spiro atoms. The molecule has 2 heterocycles.